The van der Waals surface area contributed by atoms with Crippen molar-refractivity contribution in [2.45, 2.75) is 19.8 Å². The highest BCUT2D eigenvalue weighted by Crippen LogP contribution is 2.25. The van der Waals surface area contributed by atoms with Crippen LogP contribution >= 0.6 is 11.6 Å². The number of hydrogen-bond acceptors (Lipinski definition) is 6. The van der Waals surface area contributed by atoms with Gasteiger partial charge >= 0.3 is 12.0 Å². The second kappa shape index (κ2) is 8.79. The summed E-state index contributed by atoms with van der Waals surface area (Å²) in [6.07, 6.45) is 4.12. The van der Waals surface area contributed by atoms with Crippen molar-refractivity contribution in [3.8, 4) is 11.8 Å². The van der Waals surface area contributed by atoms with Crippen molar-refractivity contribution in [2.24, 2.45) is 5.92 Å². The minimum atomic E-state index is -0.569. The van der Waals surface area contributed by atoms with E-state index >= 15 is 0 Å². The number of urea groups is 1. The Hall–Kier alpha value is -2.71. The van der Waals surface area contributed by atoms with Crippen molar-refractivity contribution in [3.05, 3.63) is 41.2 Å². The molecule has 0 radical (unpaired) electrons. The number of benzene rings is 1. The molecule has 0 spiro atoms. The minimum absolute atomic E-state index is 0.169. The van der Waals surface area contributed by atoms with Gasteiger partial charge in [0.1, 0.15) is 5.75 Å². The number of hydrogen-bond donors (Lipinski definition) is 2. The van der Waals surface area contributed by atoms with Gasteiger partial charge in [-0.05, 0) is 43.5 Å². The molecule has 2 N–H and O–H groups in total. The van der Waals surface area contributed by atoms with Crippen LogP contribution in [0.1, 0.15) is 18.4 Å². The SMILES string of the molecule is Cc1cc(NC(=O)NC(=O)C2CCOCC2)ccc1Oc1ncc(Cl)cn1. The molecule has 1 aliphatic rings. The number of amides is 3. The van der Waals surface area contributed by atoms with Crippen LogP contribution in [0.4, 0.5) is 10.5 Å². The third-order valence-electron chi connectivity index (χ3n) is 4.06. The molecule has 1 aliphatic heterocycles. The van der Waals surface area contributed by atoms with Crippen LogP contribution in [0.15, 0.2) is 30.6 Å². The lowest BCUT2D eigenvalue weighted by Gasteiger charge is -2.20. The van der Waals surface area contributed by atoms with E-state index in [0.717, 1.165) is 5.56 Å². The lowest BCUT2D eigenvalue weighted by atomic mass is 10.00. The molecule has 8 nitrogen and oxygen atoms in total. The molecule has 142 valence electrons. The summed E-state index contributed by atoms with van der Waals surface area (Å²) < 4.78 is 10.8. The molecule has 1 aromatic heterocycles. The first kappa shape index (κ1) is 19.1. The van der Waals surface area contributed by atoms with E-state index in [0.29, 0.717) is 42.5 Å². The molecule has 1 saturated heterocycles. The van der Waals surface area contributed by atoms with Crippen LogP contribution in [0, 0.1) is 12.8 Å². The van der Waals surface area contributed by atoms with Gasteiger partial charge in [0.15, 0.2) is 0 Å². The van der Waals surface area contributed by atoms with Crippen molar-refractivity contribution < 1.29 is 19.1 Å². The Balaban J connectivity index is 1.57. The van der Waals surface area contributed by atoms with E-state index in [-0.39, 0.29) is 17.8 Å². The molecule has 3 rings (SSSR count). The molecule has 3 amide bonds. The van der Waals surface area contributed by atoms with Gasteiger partial charge < -0.3 is 14.8 Å². The van der Waals surface area contributed by atoms with Crippen LogP contribution in [0.2, 0.25) is 5.02 Å². The maximum absolute atomic E-state index is 12.1. The Morgan fingerprint density at radius 3 is 2.59 bits per heavy atom. The largest absolute Gasteiger partial charge is 0.424 e. The molecule has 1 fully saturated rings. The van der Waals surface area contributed by atoms with Crippen molar-refractivity contribution in [2.75, 3.05) is 18.5 Å². The van der Waals surface area contributed by atoms with Crippen molar-refractivity contribution in [1.29, 1.82) is 0 Å². The van der Waals surface area contributed by atoms with Crippen LogP contribution in [0.5, 0.6) is 11.8 Å². The first-order valence-electron chi connectivity index (χ1n) is 8.47. The van der Waals surface area contributed by atoms with Gasteiger partial charge in [-0.3, -0.25) is 10.1 Å². The first-order valence-corrected chi connectivity index (χ1v) is 8.84. The van der Waals surface area contributed by atoms with Crippen LogP contribution < -0.4 is 15.4 Å². The standard InChI is InChI=1S/C18H19ClN4O4/c1-11-8-14(2-3-15(11)27-18-20-9-13(19)10-21-18)22-17(25)23-16(24)12-4-6-26-7-5-12/h2-3,8-10,12H,4-7H2,1H3,(H2,22,23,24,25). The Bertz CT molecular complexity index is 823. The quantitative estimate of drug-likeness (QED) is 0.830. The average Bonchev–Trinajstić information content (AvgIpc) is 2.66. The summed E-state index contributed by atoms with van der Waals surface area (Å²) in [6, 6.07) is 4.67. The van der Waals surface area contributed by atoms with Crippen LogP contribution in [0.3, 0.4) is 0 Å². The minimum Gasteiger partial charge on any atom is -0.424 e. The fourth-order valence-electron chi connectivity index (χ4n) is 2.63. The molecular formula is C18H19ClN4O4. The average molecular weight is 391 g/mol. The van der Waals surface area contributed by atoms with Crippen molar-refractivity contribution in [3.63, 3.8) is 0 Å². The van der Waals surface area contributed by atoms with Gasteiger partial charge in [0.2, 0.25) is 5.91 Å². The highest BCUT2D eigenvalue weighted by Gasteiger charge is 2.23. The predicted octanol–water partition coefficient (Wildman–Crippen LogP) is 3.31. The van der Waals surface area contributed by atoms with Gasteiger partial charge in [-0.2, -0.15) is 0 Å². The number of aryl methyl sites for hydroxylation is 1. The topological polar surface area (TPSA) is 102 Å². The highest BCUT2D eigenvalue weighted by atomic mass is 35.5. The monoisotopic (exact) mass is 390 g/mol. The Kier molecular flexibility index (Phi) is 6.20. The molecular weight excluding hydrogens is 372 g/mol. The number of imide groups is 1. The third-order valence-corrected chi connectivity index (χ3v) is 4.25. The number of halogens is 1. The molecule has 9 heteroatoms. The normalized spacial score (nSPS) is 14.4. The fraction of sp³-hybridized carbons (Fsp3) is 0.333. The Morgan fingerprint density at radius 2 is 1.93 bits per heavy atom. The van der Waals surface area contributed by atoms with Gasteiger partial charge in [0, 0.05) is 24.8 Å². The third kappa shape index (κ3) is 5.38. The molecule has 0 aliphatic carbocycles. The number of nitrogens with zero attached hydrogens (tertiary/aromatic N) is 2. The van der Waals surface area contributed by atoms with E-state index in [1.54, 1.807) is 18.2 Å². The second-order valence-electron chi connectivity index (χ2n) is 6.10. The highest BCUT2D eigenvalue weighted by molar-refractivity contribution is 6.30. The van der Waals surface area contributed by atoms with Gasteiger partial charge in [-0.25, -0.2) is 14.8 Å². The van der Waals surface area contributed by atoms with Crippen LogP contribution in [-0.2, 0) is 9.53 Å². The van der Waals surface area contributed by atoms with Crippen molar-refractivity contribution in [1.82, 2.24) is 15.3 Å². The lowest BCUT2D eigenvalue weighted by molar-refractivity contribution is -0.126. The summed E-state index contributed by atoms with van der Waals surface area (Å²) in [4.78, 5) is 32.1. The zero-order valence-electron chi connectivity index (χ0n) is 14.7. The Labute approximate surface area is 161 Å². The van der Waals surface area contributed by atoms with Crippen LogP contribution in [0.25, 0.3) is 0 Å². The van der Waals surface area contributed by atoms with Crippen molar-refractivity contribution >= 4 is 29.2 Å². The van der Waals surface area contributed by atoms with E-state index in [4.69, 9.17) is 21.1 Å². The number of anilines is 1. The van der Waals surface area contributed by atoms with E-state index in [2.05, 4.69) is 20.6 Å². The summed E-state index contributed by atoms with van der Waals surface area (Å²) in [5.74, 6) is 0.0651. The van der Waals surface area contributed by atoms with Gasteiger partial charge in [0.25, 0.3) is 0 Å². The predicted molar refractivity (Wildman–Crippen MR) is 99.0 cm³/mol. The maximum atomic E-state index is 12.1. The number of ether oxygens (including phenoxy) is 2. The second-order valence-corrected chi connectivity index (χ2v) is 6.53. The zero-order chi connectivity index (χ0) is 19.2. The molecule has 0 atom stereocenters. The summed E-state index contributed by atoms with van der Waals surface area (Å²) >= 11 is 5.74. The molecule has 0 bridgehead atoms. The van der Waals surface area contributed by atoms with Gasteiger partial charge in [-0.1, -0.05) is 11.6 Å². The number of aromatic nitrogens is 2. The summed E-state index contributed by atoms with van der Waals surface area (Å²) in [5.41, 5.74) is 1.30. The summed E-state index contributed by atoms with van der Waals surface area (Å²) in [7, 11) is 0. The van der Waals surface area contributed by atoms with E-state index in [9.17, 15) is 9.59 Å². The number of carbonyl (C=O) groups excluding carboxylic acids is 2. The fourth-order valence-corrected chi connectivity index (χ4v) is 2.73. The molecule has 2 heterocycles. The van der Waals surface area contributed by atoms with Gasteiger partial charge in [-0.15, -0.1) is 0 Å². The molecule has 27 heavy (non-hydrogen) atoms. The molecule has 0 unspecified atom stereocenters. The lowest BCUT2D eigenvalue weighted by Crippen LogP contribution is -2.40. The molecule has 2 aromatic rings. The Morgan fingerprint density at radius 1 is 1.22 bits per heavy atom. The van der Waals surface area contributed by atoms with E-state index in [1.807, 2.05) is 6.92 Å². The zero-order valence-corrected chi connectivity index (χ0v) is 15.5. The number of carbonyl (C=O) groups is 2. The number of nitrogens with one attached hydrogen (secondary N) is 2. The summed E-state index contributed by atoms with van der Waals surface area (Å²) in [5, 5.41) is 5.43. The van der Waals surface area contributed by atoms with E-state index < -0.39 is 6.03 Å². The number of rotatable bonds is 4. The first-order chi connectivity index (χ1) is 13.0. The molecule has 0 saturated carbocycles. The summed E-state index contributed by atoms with van der Waals surface area (Å²) in [6.45, 7) is 2.90. The van der Waals surface area contributed by atoms with Crippen LogP contribution in [-0.4, -0.2) is 35.1 Å². The van der Waals surface area contributed by atoms with Gasteiger partial charge in [0.05, 0.1) is 17.4 Å². The molecule has 1 aromatic carbocycles. The smallest absolute Gasteiger partial charge is 0.325 e. The maximum Gasteiger partial charge on any atom is 0.325 e. The van der Waals surface area contributed by atoms with E-state index in [1.165, 1.54) is 12.4 Å².